The molecular weight excluding hydrogens is 304 g/mol. The minimum absolute atomic E-state index is 0.0410. The lowest BCUT2D eigenvalue weighted by Crippen LogP contribution is -2.27. The lowest BCUT2D eigenvalue weighted by molar-refractivity contribution is -0.160. The smallest absolute Gasteiger partial charge is 0.332 e. The monoisotopic (exact) mass is 326 g/mol. The van der Waals surface area contributed by atoms with Gasteiger partial charge in [-0.05, 0) is 20.8 Å². The second-order valence-electron chi connectivity index (χ2n) is 4.55. The van der Waals surface area contributed by atoms with Crippen LogP contribution in [0.3, 0.4) is 0 Å². The first-order valence-corrected chi connectivity index (χ1v) is 7.09. The molecule has 0 aliphatic rings. The number of esters is 1. The first-order valence-electron chi connectivity index (χ1n) is 5.97. The molecule has 6 heteroatoms. The maximum atomic E-state index is 11.3. The predicted octanol–water partition coefficient (Wildman–Crippen LogP) is 1.77. The van der Waals surface area contributed by atoms with Crippen LogP contribution in [-0.2, 0) is 23.7 Å². The van der Waals surface area contributed by atoms with Crippen molar-refractivity contribution in [1.29, 1.82) is 0 Å². The molecule has 0 radical (unpaired) electrons. The quantitative estimate of drug-likeness (QED) is 0.348. The zero-order valence-electron chi connectivity index (χ0n) is 11.4. The first kappa shape index (κ1) is 17.8. The molecule has 18 heavy (non-hydrogen) atoms. The van der Waals surface area contributed by atoms with Gasteiger partial charge in [-0.3, -0.25) is 0 Å². The summed E-state index contributed by atoms with van der Waals surface area (Å²) in [6.07, 6.45) is 0. The van der Waals surface area contributed by atoms with Gasteiger partial charge in [-0.15, -0.1) is 0 Å². The van der Waals surface area contributed by atoms with E-state index in [9.17, 15) is 4.79 Å². The summed E-state index contributed by atoms with van der Waals surface area (Å²) in [6, 6.07) is 0. The van der Waals surface area contributed by atoms with Crippen molar-refractivity contribution < 1.29 is 23.7 Å². The molecule has 0 saturated carbocycles. The highest BCUT2D eigenvalue weighted by Gasteiger charge is 2.15. The van der Waals surface area contributed by atoms with Gasteiger partial charge in [0.15, 0.2) is 0 Å². The van der Waals surface area contributed by atoms with E-state index < -0.39 is 5.60 Å². The molecule has 0 aromatic heterocycles. The third-order valence-electron chi connectivity index (χ3n) is 1.61. The number of alkyl halides is 1. The summed E-state index contributed by atoms with van der Waals surface area (Å²) < 4.78 is 20.6. The third kappa shape index (κ3) is 13.9. The number of carbonyl (C=O) groups is 1. The maximum absolute atomic E-state index is 11.3. The Kier molecular flexibility index (Phi) is 10.6. The number of ether oxygens (including phenoxy) is 4. The van der Waals surface area contributed by atoms with Gasteiger partial charge in [0.2, 0.25) is 0 Å². The van der Waals surface area contributed by atoms with Crippen LogP contribution in [-0.4, -0.2) is 56.5 Å². The van der Waals surface area contributed by atoms with E-state index in [1.807, 2.05) is 20.8 Å². The van der Waals surface area contributed by atoms with Crippen molar-refractivity contribution in [3.8, 4) is 0 Å². The molecule has 0 fully saturated rings. The average molecular weight is 327 g/mol. The lowest BCUT2D eigenvalue weighted by atomic mass is 10.2. The molecule has 0 aliphatic carbocycles. The Labute approximate surface area is 117 Å². The van der Waals surface area contributed by atoms with Crippen LogP contribution >= 0.6 is 15.9 Å². The number of carbonyl (C=O) groups excluding carboxylic acids is 1. The summed E-state index contributed by atoms with van der Waals surface area (Å²) in [5.41, 5.74) is -0.469. The van der Waals surface area contributed by atoms with E-state index in [1.54, 1.807) is 0 Å². The fourth-order valence-corrected chi connectivity index (χ4v) is 1.25. The van der Waals surface area contributed by atoms with Crippen molar-refractivity contribution in [3.63, 3.8) is 0 Å². The minimum Gasteiger partial charge on any atom is -0.458 e. The first-order chi connectivity index (χ1) is 8.45. The van der Waals surface area contributed by atoms with Crippen molar-refractivity contribution in [3.05, 3.63) is 0 Å². The molecule has 5 nitrogen and oxygen atoms in total. The molecule has 0 aromatic rings. The Morgan fingerprint density at radius 3 is 1.94 bits per heavy atom. The van der Waals surface area contributed by atoms with Gasteiger partial charge >= 0.3 is 5.97 Å². The van der Waals surface area contributed by atoms with E-state index in [0.29, 0.717) is 33.0 Å². The number of hydrogen-bond donors (Lipinski definition) is 0. The molecule has 0 aliphatic heterocycles. The molecule has 0 aromatic carbocycles. The Bertz CT molecular complexity index is 215. The fourth-order valence-electron chi connectivity index (χ4n) is 1.02. The standard InChI is InChI=1S/C12H23BrO5/c1-12(2,3)18-11(14)10-17-9-8-16-7-6-15-5-4-13/h4-10H2,1-3H3. The van der Waals surface area contributed by atoms with Gasteiger partial charge in [-0.1, -0.05) is 15.9 Å². The van der Waals surface area contributed by atoms with E-state index in [2.05, 4.69) is 15.9 Å². The highest BCUT2D eigenvalue weighted by Crippen LogP contribution is 2.06. The molecule has 0 saturated heterocycles. The second-order valence-corrected chi connectivity index (χ2v) is 5.35. The zero-order valence-corrected chi connectivity index (χ0v) is 13.0. The van der Waals surface area contributed by atoms with Crippen LogP contribution in [0.25, 0.3) is 0 Å². The fraction of sp³-hybridized carbons (Fsp3) is 0.917. The van der Waals surface area contributed by atoms with E-state index in [4.69, 9.17) is 18.9 Å². The molecule has 0 atom stereocenters. The van der Waals surface area contributed by atoms with Crippen LogP contribution in [0.2, 0.25) is 0 Å². The van der Waals surface area contributed by atoms with Crippen LogP contribution in [0.5, 0.6) is 0 Å². The van der Waals surface area contributed by atoms with Gasteiger partial charge in [-0.25, -0.2) is 4.79 Å². The SMILES string of the molecule is CC(C)(C)OC(=O)COCCOCCOCCBr. The van der Waals surface area contributed by atoms with Gasteiger partial charge in [0.25, 0.3) is 0 Å². The molecular formula is C12H23BrO5. The molecule has 0 spiro atoms. The van der Waals surface area contributed by atoms with Gasteiger partial charge in [0.1, 0.15) is 12.2 Å². The van der Waals surface area contributed by atoms with Gasteiger partial charge in [0, 0.05) is 5.33 Å². The van der Waals surface area contributed by atoms with Gasteiger partial charge in [0.05, 0.1) is 33.0 Å². The highest BCUT2D eigenvalue weighted by molar-refractivity contribution is 9.09. The maximum Gasteiger partial charge on any atom is 0.332 e. The third-order valence-corrected chi connectivity index (χ3v) is 1.93. The zero-order chi connectivity index (χ0) is 13.9. The summed E-state index contributed by atoms with van der Waals surface area (Å²) >= 11 is 3.26. The summed E-state index contributed by atoms with van der Waals surface area (Å²) in [6.45, 7) is 8.01. The number of hydrogen-bond acceptors (Lipinski definition) is 5. The molecule has 108 valence electrons. The van der Waals surface area contributed by atoms with E-state index in [-0.39, 0.29) is 12.6 Å². The van der Waals surface area contributed by atoms with Gasteiger partial charge in [-0.2, -0.15) is 0 Å². The van der Waals surface area contributed by atoms with Crippen molar-refractivity contribution >= 4 is 21.9 Å². The molecule has 0 bridgehead atoms. The summed E-state index contributed by atoms with van der Waals surface area (Å²) in [5.74, 6) is -0.358. The molecule has 0 amide bonds. The van der Waals surface area contributed by atoms with Crippen LogP contribution in [0.1, 0.15) is 20.8 Å². The largest absolute Gasteiger partial charge is 0.458 e. The van der Waals surface area contributed by atoms with E-state index in [1.165, 1.54) is 0 Å². The summed E-state index contributed by atoms with van der Waals surface area (Å²) in [7, 11) is 0. The van der Waals surface area contributed by atoms with Crippen LogP contribution < -0.4 is 0 Å². The molecule has 0 N–H and O–H groups in total. The predicted molar refractivity (Wildman–Crippen MR) is 72.1 cm³/mol. The Balaban J connectivity index is 3.23. The van der Waals surface area contributed by atoms with Crippen molar-refractivity contribution in [2.75, 3.05) is 45.0 Å². The Hall–Kier alpha value is -0.170. The Morgan fingerprint density at radius 2 is 1.44 bits per heavy atom. The van der Waals surface area contributed by atoms with Crippen LogP contribution in [0.15, 0.2) is 0 Å². The normalized spacial score (nSPS) is 11.6. The van der Waals surface area contributed by atoms with Gasteiger partial charge < -0.3 is 18.9 Å². The van der Waals surface area contributed by atoms with Crippen molar-refractivity contribution in [2.45, 2.75) is 26.4 Å². The Morgan fingerprint density at radius 1 is 0.944 bits per heavy atom. The topological polar surface area (TPSA) is 54.0 Å². The average Bonchev–Trinajstić information content (AvgIpc) is 2.24. The van der Waals surface area contributed by atoms with E-state index in [0.717, 1.165) is 5.33 Å². The lowest BCUT2D eigenvalue weighted by Gasteiger charge is -2.19. The number of halogens is 1. The van der Waals surface area contributed by atoms with Crippen LogP contribution in [0.4, 0.5) is 0 Å². The van der Waals surface area contributed by atoms with Crippen molar-refractivity contribution in [2.24, 2.45) is 0 Å². The summed E-state index contributed by atoms with van der Waals surface area (Å²) in [5, 5.41) is 0.825. The molecule has 0 unspecified atom stereocenters. The minimum atomic E-state index is -0.469. The summed E-state index contributed by atoms with van der Waals surface area (Å²) in [4.78, 5) is 11.3. The molecule has 0 rings (SSSR count). The second kappa shape index (κ2) is 10.7. The van der Waals surface area contributed by atoms with E-state index >= 15 is 0 Å². The highest BCUT2D eigenvalue weighted by atomic mass is 79.9. The number of rotatable bonds is 10. The van der Waals surface area contributed by atoms with Crippen LogP contribution in [0, 0.1) is 0 Å². The molecule has 0 heterocycles. The van der Waals surface area contributed by atoms with Crippen molar-refractivity contribution in [1.82, 2.24) is 0 Å².